The van der Waals surface area contributed by atoms with Crippen molar-refractivity contribution in [2.45, 2.75) is 77.6 Å². The van der Waals surface area contributed by atoms with Gasteiger partial charge in [-0.3, -0.25) is 4.90 Å². The summed E-state index contributed by atoms with van der Waals surface area (Å²) in [6.45, 7) is 24.9. The lowest BCUT2D eigenvalue weighted by atomic mass is 10.0. The van der Waals surface area contributed by atoms with Crippen LogP contribution < -0.4 is 0 Å². The highest BCUT2D eigenvalue weighted by Crippen LogP contribution is 2.22. The smallest absolute Gasteiger partial charge is 0.186 e. The summed E-state index contributed by atoms with van der Waals surface area (Å²) in [5, 5.41) is 0. The molecule has 0 N–H and O–H groups in total. The lowest BCUT2D eigenvalue weighted by Crippen LogP contribution is -2.61. The van der Waals surface area contributed by atoms with Gasteiger partial charge in [0.1, 0.15) is 0 Å². The summed E-state index contributed by atoms with van der Waals surface area (Å²) in [6, 6.07) is 1.30. The molecule has 5 heteroatoms. The third kappa shape index (κ3) is 6.44. The highest BCUT2D eigenvalue weighted by atomic mass is 28.4. The minimum Gasteiger partial charge on any atom is -0.418 e. The van der Waals surface area contributed by atoms with Crippen LogP contribution in [0, 0.1) is 0 Å². The second-order valence-electron chi connectivity index (χ2n) is 8.76. The Morgan fingerprint density at radius 3 is 2.32 bits per heavy atom. The zero-order chi connectivity index (χ0) is 17.0. The van der Waals surface area contributed by atoms with Gasteiger partial charge < -0.3 is 9.33 Å². The SMILES string of the molecule is CCO[Si](C)(C)CCCN1CCN(C(C)(C)C)CC1[SiH](C)C. The van der Waals surface area contributed by atoms with Crippen molar-refractivity contribution < 1.29 is 4.43 Å². The zero-order valence-electron chi connectivity index (χ0n) is 16.4. The third-order valence-corrected chi connectivity index (χ3v) is 9.81. The fourth-order valence-corrected chi connectivity index (χ4v) is 7.29. The molecule has 1 aliphatic heterocycles. The second kappa shape index (κ2) is 8.42. The van der Waals surface area contributed by atoms with Crippen LogP contribution in [0.4, 0.5) is 0 Å². The summed E-state index contributed by atoms with van der Waals surface area (Å²) in [7, 11) is -2.06. The maximum absolute atomic E-state index is 5.98. The summed E-state index contributed by atoms with van der Waals surface area (Å²) in [5.41, 5.74) is 1.15. The Balaban J connectivity index is 2.52. The van der Waals surface area contributed by atoms with Crippen LogP contribution in [0.2, 0.25) is 32.2 Å². The number of rotatable bonds is 7. The first-order chi connectivity index (χ1) is 10.1. The quantitative estimate of drug-likeness (QED) is 0.658. The molecule has 1 atom stereocenters. The van der Waals surface area contributed by atoms with Gasteiger partial charge in [0.15, 0.2) is 8.32 Å². The molecule has 0 aromatic carbocycles. The molecule has 1 rings (SSSR count). The van der Waals surface area contributed by atoms with Crippen molar-refractivity contribution in [1.29, 1.82) is 0 Å². The van der Waals surface area contributed by atoms with E-state index in [0.29, 0.717) is 5.54 Å². The van der Waals surface area contributed by atoms with Gasteiger partial charge in [0.25, 0.3) is 0 Å². The fraction of sp³-hybridized carbons (Fsp3) is 1.00. The van der Waals surface area contributed by atoms with Gasteiger partial charge in [-0.25, -0.2) is 0 Å². The highest BCUT2D eigenvalue weighted by molar-refractivity contribution is 6.71. The average Bonchev–Trinajstić information content (AvgIpc) is 2.37. The Labute approximate surface area is 142 Å². The van der Waals surface area contributed by atoms with Crippen molar-refractivity contribution in [1.82, 2.24) is 9.80 Å². The number of hydrogen-bond acceptors (Lipinski definition) is 3. The van der Waals surface area contributed by atoms with Crippen molar-refractivity contribution in [2.24, 2.45) is 0 Å². The Kier molecular flexibility index (Phi) is 7.79. The predicted octanol–water partition coefficient (Wildman–Crippen LogP) is 3.43. The number of piperazine rings is 1. The molecular weight excluding hydrogens is 304 g/mol. The second-order valence-corrected chi connectivity index (χ2v) is 16.3. The molecule has 0 aromatic rings. The molecule has 0 bridgehead atoms. The Morgan fingerprint density at radius 1 is 1.18 bits per heavy atom. The van der Waals surface area contributed by atoms with Gasteiger partial charge >= 0.3 is 0 Å². The van der Waals surface area contributed by atoms with Gasteiger partial charge in [-0.15, -0.1) is 0 Å². The van der Waals surface area contributed by atoms with Gasteiger partial charge in [0.05, 0.1) is 8.80 Å². The van der Waals surface area contributed by atoms with Crippen molar-refractivity contribution in [3.05, 3.63) is 0 Å². The van der Waals surface area contributed by atoms with E-state index in [1.807, 2.05) is 0 Å². The summed E-state index contributed by atoms with van der Waals surface area (Å²) in [4.78, 5) is 5.50. The van der Waals surface area contributed by atoms with E-state index in [9.17, 15) is 0 Å². The van der Waals surface area contributed by atoms with Gasteiger partial charge in [-0.05, 0) is 59.8 Å². The summed E-state index contributed by atoms with van der Waals surface area (Å²) < 4.78 is 5.98. The molecule has 0 aliphatic carbocycles. The lowest BCUT2D eigenvalue weighted by Gasteiger charge is -2.48. The molecule has 1 saturated heterocycles. The van der Waals surface area contributed by atoms with Crippen molar-refractivity contribution in [2.75, 3.05) is 32.8 Å². The van der Waals surface area contributed by atoms with E-state index in [4.69, 9.17) is 4.43 Å². The Hall–Kier alpha value is 0.314. The van der Waals surface area contributed by atoms with E-state index >= 15 is 0 Å². The average molecular weight is 345 g/mol. The first-order valence-corrected chi connectivity index (χ1v) is 15.3. The first-order valence-electron chi connectivity index (χ1n) is 9.20. The van der Waals surface area contributed by atoms with E-state index in [1.54, 1.807) is 0 Å². The fourth-order valence-electron chi connectivity index (χ4n) is 3.54. The van der Waals surface area contributed by atoms with Crippen LogP contribution in [0.25, 0.3) is 0 Å². The van der Waals surface area contributed by atoms with Gasteiger partial charge in [0.2, 0.25) is 0 Å². The highest BCUT2D eigenvalue weighted by Gasteiger charge is 2.34. The molecule has 1 heterocycles. The van der Waals surface area contributed by atoms with Gasteiger partial charge in [-0.1, -0.05) is 13.1 Å². The molecule has 0 radical (unpaired) electrons. The van der Waals surface area contributed by atoms with Crippen LogP contribution in [-0.4, -0.2) is 70.9 Å². The van der Waals surface area contributed by atoms with Crippen LogP contribution >= 0.6 is 0 Å². The molecule has 3 nitrogen and oxygen atoms in total. The monoisotopic (exact) mass is 344 g/mol. The van der Waals surface area contributed by atoms with Crippen LogP contribution in [0.1, 0.15) is 34.1 Å². The number of nitrogens with zero attached hydrogens (tertiary/aromatic N) is 2. The van der Waals surface area contributed by atoms with Crippen LogP contribution in [0.5, 0.6) is 0 Å². The molecule has 22 heavy (non-hydrogen) atoms. The van der Waals surface area contributed by atoms with E-state index < -0.39 is 17.1 Å². The molecule has 0 saturated carbocycles. The third-order valence-electron chi connectivity index (χ3n) is 5.01. The summed E-state index contributed by atoms with van der Waals surface area (Å²) >= 11 is 0. The van der Waals surface area contributed by atoms with E-state index in [2.05, 4.69) is 63.7 Å². The molecule has 1 aliphatic rings. The van der Waals surface area contributed by atoms with Crippen LogP contribution in [0.3, 0.4) is 0 Å². The molecule has 0 amide bonds. The summed E-state index contributed by atoms with van der Waals surface area (Å²) in [6.07, 6.45) is 1.31. The van der Waals surface area contributed by atoms with E-state index in [1.165, 1.54) is 38.6 Å². The van der Waals surface area contributed by atoms with Crippen molar-refractivity contribution in [3.8, 4) is 0 Å². The maximum atomic E-state index is 5.98. The molecule has 1 unspecified atom stereocenters. The number of hydrogen-bond donors (Lipinski definition) is 0. The normalized spacial score (nSPS) is 22.5. The molecule has 0 aromatic heterocycles. The minimum absolute atomic E-state index is 0.317. The standard InChI is InChI=1S/C17H40N2OSi2/c1-9-20-22(7,8)14-10-11-18-12-13-19(17(2,3)4)15-16(18)21(5)6/h16,21H,9-15H2,1-8H3. The summed E-state index contributed by atoms with van der Waals surface area (Å²) in [5.74, 6) is 0. The van der Waals surface area contributed by atoms with Crippen molar-refractivity contribution >= 4 is 17.1 Å². The predicted molar refractivity (Wildman–Crippen MR) is 104 cm³/mol. The molecule has 132 valence electrons. The van der Waals surface area contributed by atoms with E-state index in [-0.39, 0.29) is 0 Å². The van der Waals surface area contributed by atoms with Gasteiger partial charge in [-0.2, -0.15) is 0 Å². The van der Waals surface area contributed by atoms with Crippen LogP contribution in [0.15, 0.2) is 0 Å². The first kappa shape index (κ1) is 20.4. The van der Waals surface area contributed by atoms with E-state index in [0.717, 1.165) is 12.3 Å². The molecular formula is C17H40N2OSi2. The van der Waals surface area contributed by atoms with Crippen molar-refractivity contribution in [3.63, 3.8) is 0 Å². The minimum atomic E-state index is -1.41. The zero-order valence-corrected chi connectivity index (χ0v) is 18.6. The maximum Gasteiger partial charge on any atom is 0.186 e. The molecule has 1 fully saturated rings. The Morgan fingerprint density at radius 2 is 1.82 bits per heavy atom. The van der Waals surface area contributed by atoms with Gasteiger partial charge in [0, 0.05) is 37.4 Å². The topological polar surface area (TPSA) is 15.7 Å². The molecule has 0 spiro atoms. The Bertz CT molecular complexity index is 329. The lowest BCUT2D eigenvalue weighted by molar-refractivity contribution is 0.0465. The van der Waals surface area contributed by atoms with Crippen LogP contribution in [-0.2, 0) is 4.43 Å². The largest absolute Gasteiger partial charge is 0.418 e.